The molecule has 1 heterocycles. The van der Waals surface area contributed by atoms with E-state index in [2.05, 4.69) is 10.9 Å². The molecule has 0 aliphatic carbocycles. The SMILES string of the molecule is N#Cc1ccccc1OCC(=O)NNC(=O)c1ccc(Cl)cc1N1CCCC1=O. The second kappa shape index (κ2) is 9.08. The molecule has 0 bridgehead atoms. The van der Waals surface area contributed by atoms with Crippen molar-refractivity contribution in [1.29, 1.82) is 5.26 Å². The maximum absolute atomic E-state index is 12.5. The van der Waals surface area contributed by atoms with Crippen molar-refractivity contribution in [3.8, 4) is 11.8 Å². The molecule has 2 aromatic rings. The molecule has 9 heteroatoms. The first-order valence-electron chi connectivity index (χ1n) is 8.80. The fourth-order valence-electron chi connectivity index (χ4n) is 2.88. The summed E-state index contributed by atoms with van der Waals surface area (Å²) in [5.74, 6) is -1.03. The molecule has 1 aliphatic heterocycles. The van der Waals surface area contributed by atoms with Gasteiger partial charge in [0.2, 0.25) is 5.91 Å². The van der Waals surface area contributed by atoms with E-state index in [0.717, 1.165) is 0 Å². The van der Waals surface area contributed by atoms with Crippen molar-refractivity contribution in [2.24, 2.45) is 0 Å². The molecular weight excluding hydrogens is 396 g/mol. The average Bonchev–Trinajstić information content (AvgIpc) is 3.16. The highest BCUT2D eigenvalue weighted by atomic mass is 35.5. The van der Waals surface area contributed by atoms with Crippen LogP contribution >= 0.6 is 11.6 Å². The van der Waals surface area contributed by atoms with E-state index in [1.165, 1.54) is 17.0 Å². The Balaban J connectivity index is 1.61. The molecule has 2 N–H and O–H groups in total. The summed E-state index contributed by atoms with van der Waals surface area (Å²) in [6, 6.07) is 13.0. The maximum Gasteiger partial charge on any atom is 0.276 e. The zero-order valence-corrected chi connectivity index (χ0v) is 16.0. The number of halogens is 1. The number of anilines is 1. The van der Waals surface area contributed by atoms with E-state index in [9.17, 15) is 14.4 Å². The Morgan fingerprint density at radius 1 is 1.21 bits per heavy atom. The Kier molecular flexibility index (Phi) is 6.32. The van der Waals surface area contributed by atoms with Crippen LogP contribution in [0.15, 0.2) is 42.5 Å². The van der Waals surface area contributed by atoms with Gasteiger partial charge in [0.25, 0.3) is 11.8 Å². The van der Waals surface area contributed by atoms with Gasteiger partial charge in [0.05, 0.1) is 16.8 Å². The highest BCUT2D eigenvalue weighted by Crippen LogP contribution is 2.28. The van der Waals surface area contributed by atoms with Gasteiger partial charge in [-0.05, 0) is 36.8 Å². The molecule has 148 valence electrons. The lowest BCUT2D eigenvalue weighted by Gasteiger charge is -2.20. The fourth-order valence-corrected chi connectivity index (χ4v) is 3.05. The Morgan fingerprint density at radius 2 is 2.00 bits per heavy atom. The van der Waals surface area contributed by atoms with Crippen LogP contribution in [0.4, 0.5) is 5.69 Å². The summed E-state index contributed by atoms with van der Waals surface area (Å²) in [5, 5.41) is 9.41. The quantitative estimate of drug-likeness (QED) is 0.731. The lowest BCUT2D eigenvalue weighted by atomic mass is 10.1. The van der Waals surface area contributed by atoms with Crippen molar-refractivity contribution in [2.75, 3.05) is 18.1 Å². The van der Waals surface area contributed by atoms with Crippen LogP contribution in [0.1, 0.15) is 28.8 Å². The van der Waals surface area contributed by atoms with Crippen molar-refractivity contribution in [2.45, 2.75) is 12.8 Å². The van der Waals surface area contributed by atoms with Crippen molar-refractivity contribution < 1.29 is 19.1 Å². The van der Waals surface area contributed by atoms with Gasteiger partial charge in [-0.25, -0.2) is 0 Å². The van der Waals surface area contributed by atoms with E-state index in [-0.39, 0.29) is 17.2 Å². The number of carbonyl (C=O) groups is 3. The molecular formula is C20H17ClN4O4. The van der Waals surface area contributed by atoms with Crippen molar-refractivity contribution in [1.82, 2.24) is 10.9 Å². The number of amides is 3. The second-order valence-corrected chi connectivity index (χ2v) is 6.65. The number of nitrogens with zero attached hydrogens (tertiary/aromatic N) is 2. The third-order valence-corrected chi connectivity index (χ3v) is 4.49. The van der Waals surface area contributed by atoms with E-state index >= 15 is 0 Å². The van der Waals surface area contributed by atoms with Crippen molar-refractivity contribution >= 4 is 35.0 Å². The molecule has 0 spiro atoms. The van der Waals surface area contributed by atoms with Crippen LogP contribution in [0.2, 0.25) is 5.02 Å². The Bertz CT molecular complexity index is 1000. The van der Waals surface area contributed by atoms with E-state index in [1.807, 2.05) is 6.07 Å². The first kappa shape index (κ1) is 20.2. The number of para-hydroxylation sites is 1. The molecule has 8 nitrogen and oxygen atoms in total. The number of ether oxygens (including phenoxy) is 1. The van der Waals surface area contributed by atoms with Crippen LogP contribution in [0.3, 0.4) is 0 Å². The van der Waals surface area contributed by atoms with E-state index in [1.54, 1.807) is 30.3 Å². The summed E-state index contributed by atoms with van der Waals surface area (Å²) >= 11 is 6.02. The smallest absolute Gasteiger partial charge is 0.276 e. The molecule has 0 unspecified atom stereocenters. The normalized spacial score (nSPS) is 13.0. The lowest BCUT2D eigenvalue weighted by molar-refractivity contribution is -0.123. The van der Waals surface area contributed by atoms with Gasteiger partial charge in [-0.15, -0.1) is 0 Å². The number of benzene rings is 2. The Hall–Kier alpha value is -3.57. The molecule has 1 saturated heterocycles. The third-order valence-electron chi connectivity index (χ3n) is 4.25. The van der Waals surface area contributed by atoms with E-state index in [4.69, 9.17) is 21.6 Å². The third kappa shape index (κ3) is 4.83. The first-order chi connectivity index (χ1) is 14.0. The minimum atomic E-state index is -0.612. The minimum absolute atomic E-state index is 0.0880. The molecule has 3 amide bonds. The standard InChI is InChI=1S/C20H17ClN4O4/c21-14-7-8-15(16(10-14)25-9-3-6-19(25)27)20(28)24-23-18(26)12-29-17-5-2-1-4-13(17)11-22/h1-2,4-5,7-8,10H,3,6,9,12H2,(H,23,26)(H,24,28). The molecule has 0 saturated carbocycles. The molecule has 29 heavy (non-hydrogen) atoms. The molecule has 1 aliphatic rings. The number of carbonyl (C=O) groups excluding carboxylic acids is 3. The number of nitrogens with one attached hydrogen (secondary N) is 2. The van der Waals surface area contributed by atoms with Crippen molar-refractivity contribution in [3.63, 3.8) is 0 Å². The summed E-state index contributed by atoms with van der Waals surface area (Å²) in [6.07, 6.45) is 1.11. The van der Waals surface area contributed by atoms with Gasteiger partial charge < -0.3 is 9.64 Å². The number of rotatable bonds is 5. The minimum Gasteiger partial charge on any atom is -0.482 e. The average molecular weight is 413 g/mol. The summed E-state index contributed by atoms with van der Waals surface area (Å²) in [5.41, 5.74) is 5.45. The van der Waals surface area contributed by atoms with Gasteiger partial charge in [0.15, 0.2) is 6.61 Å². The number of hydrogen-bond acceptors (Lipinski definition) is 5. The van der Waals surface area contributed by atoms with Crippen LogP contribution in [-0.4, -0.2) is 30.9 Å². The predicted molar refractivity (Wildman–Crippen MR) is 105 cm³/mol. The summed E-state index contributed by atoms with van der Waals surface area (Å²) in [6.45, 7) is 0.106. The molecule has 0 aromatic heterocycles. The van der Waals surface area contributed by atoms with Crippen LogP contribution < -0.4 is 20.5 Å². The fraction of sp³-hybridized carbons (Fsp3) is 0.200. The molecule has 0 radical (unpaired) electrons. The lowest BCUT2D eigenvalue weighted by Crippen LogP contribution is -2.44. The molecule has 2 aromatic carbocycles. The van der Waals surface area contributed by atoms with Crippen molar-refractivity contribution in [3.05, 3.63) is 58.6 Å². The highest BCUT2D eigenvalue weighted by Gasteiger charge is 2.26. The van der Waals surface area contributed by atoms with Gasteiger partial charge >= 0.3 is 0 Å². The van der Waals surface area contributed by atoms with Crippen LogP contribution in [-0.2, 0) is 9.59 Å². The highest BCUT2D eigenvalue weighted by molar-refractivity contribution is 6.31. The van der Waals surface area contributed by atoms with Gasteiger partial charge in [-0.3, -0.25) is 25.2 Å². The van der Waals surface area contributed by atoms with Gasteiger partial charge in [-0.2, -0.15) is 5.26 Å². The largest absolute Gasteiger partial charge is 0.482 e. The monoisotopic (exact) mass is 412 g/mol. The van der Waals surface area contributed by atoms with Crippen LogP contribution in [0.5, 0.6) is 5.75 Å². The number of nitriles is 1. The molecule has 1 fully saturated rings. The van der Waals surface area contributed by atoms with Gasteiger partial charge in [-0.1, -0.05) is 23.7 Å². The zero-order valence-electron chi connectivity index (χ0n) is 15.3. The second-order valence-electron chi connectivity index (χ2n) is 6.21. The predicted octanol–water partition coefficient (Wildman–Crippen LogP) is 2.18. The summed E-state index contributed by atoms with van der Waals surface area (Å²) in [7, 11) is 0. The van der Waals surface area contributed by atoms with Crippen LogP contribution in [0.25, 0.3) is 0 Å². The Morgan fingerprint density at radius 3 is 2.72 bits per heavy atom. The topological polar surface area (TPSA) is 112 Å². The summed E-state index contributed by atoms with van der Waals surface area (Å²) in [4.78, 5) is 38.1. The number of hydrazine groups is 1. The van der Waals surface area contributed by atoms with E-state index in [0.29, 0.717) is 35.7 Å². The maximum atomic E-state index is 12.5. The van der Waals surface area contributed by atoms with Gasteiger partial charge in [0, 0.05) is 18.0 Å². The van der Waals surface area contributed by atoms with Crippen LogP contribution in [0, 0.1) is 11.3 Å². The Labute approximate surface area is 172 Å². The van der Waals surface area contributed by atoms with E-state index < -0.39 is 18.4 Å². The van der Waals surface area contributed by atoms with Gasteiger partial charge in [0.1, 0.15) is 11.8 Å². The first-order valence-corrected chi connectivity index (χ1v) is 9.18. The number of hydrogen-bond donors (Lipinski definition) is 2. The zero-order chi connectivity index (χ0) is 20.8. The molecule has 3 rings (SSSR count). The molecule has 0 atom stereocenters. The summed E-state index contributed by atoms with van der Waals surface area (Å²) < 4.78 is 5.31.